The van der Waals surface area contributed by atoms with Crippen molar-refractivity contribution in [3.8, 4) is 0 Å². The Kier molecular flexibility index (Phi) is 5.19. The number of hydrogen-bond donors (Lipinski definition) is 1. The number of nitrogens with zero attached hydrogens (tertiary/aromatic N) is 2. The van der Waals surface area contributed by atoms with Crippen LogP contribution in [-0.4, -0.2) is 23.2 Å². The molecule has 1 fully saturated rings. The summed E-state index contributed by atoms with van der Waals surface area (Å²) in [6.45, 7) is 6.91. The molecule has 1 saturated carbocycles. The lowest BCUT2D eigenvalue weighted by Crippen LogP contribution is -2.27. The highest BCUT2D eigenvalue weighted by Crippen LogP contribution is 2.41. The molecule has 0 spiro atoms. The molecule has 1 aliphatic rings. The maximum absolute atomic E-state index is 5.45. The Hall–Kier alpha value is -0.900. The molecule has 1 aromatic heterocycles. The molecule has 0 aliphatic heterocycles. The van der Waals surface area contributed by atoms with Crippen LogP contribution in [0.1, 0.15) is 76.9 Å². The Bertz CT molecular complexity index is 404. The molecule has 2 rings (SSSR count). The van der Waals surface area contributed by atoms with Gasteiger partial charge in [0.15, 0.2) is 5.82 Å². The lowest BCUT2D eigenvalue weighted by Gasteiger charge is -2.32. The second kappa shape index (κ2) is 6.70. The summed E-state index contributed by atoms with van der Waals surface area (Å²) in [7, 11) is 2.00. The molecule has 4 heteroatoms. The summed E-state index contributed by atoms with van der Waals surface area (Å²) in [5, 5.41) is 7.54. The summed E-state index contributed by atoms with van der Waals surface area (Å²) in [6, 6.07) is 0.443. The zero-order valence-electron chi connectivity index (χ0n) is 13.4. The maximum Gasteiger partial charge on any atom is 0.228 e. The second-order valence-corrected chi connectivity index (χ2v) is 6.96. The molecule has 0 aromatic carbocycles. The zero-order chi connectivity index (χ0) is 14.6. The van der Waals surface area contributed by atoms with Gasteiger partial charge in [0.25, 0.3) is 0 Å². The van der Waals surface area contributed by atoms with Crippen molar-refractivity contribution < 1.29 is 4.52 Å². The molecule has 20 heavy (non-hydrogen) atoms. The quantitative estimate of drug-likeness (QED) is 0.863. The van der Waals surface area contributed by atoms with E-state index in [2.05, 4.69) is 36.2 Å². The lowest BCUT2D eigenvalue weighted by molar-refractivity contribution is 0.218. The van der Waals surface area contributed by atoms with E-state index in [1.807, 2.05) is 7.05 Å². The standard InChI is InChI=1S/C16H29N3O/c1-5-6-13(17-4)11-14-18-15(19-20-14)12-7-9-16(2,3)10-8-12/h12-13,17H,5-11H2,1-4H3. The van der Waals surface area contributed by atoms with Crippen LogP contribution in [0.25, 0.3) is 0 Å². The molecule has 1 unspecified atom stereocenters. The van der Waals surface area contributed by atoms with Gasteiger partial charge in [0, 0.05) is 18.4 Å². The average molecular weight is 279 g/mol. The number of rotatable bonds is 6. The van der Waals surface area contributed by atoms with Gasteiger partial charge in [-0.15, -0.1) is 0 Å². The van der Waals surface area contributed by atoms with Crippen LogP contribution in [0.15, 0.2) is 4.52 Å². The highest BCUT2D eigenvalue weighted by molar-refractivity contribution is 4.99. The van der Waals surface area contributed by atoms with E-state index in [9.17, 15) is 0 Å². The van der Waals surface area contributed by atoms with Crippen LogP contribution in [0.3, 0.4) is 0 Å². The first-order valence-electron chi connectivity index (χ1n) is 8.04. The number of hydrogen-bond acceptors (Lipinski definition) is 4. The molecule has 1 atom stereocenters. The fourth-order valence-corrected chi connectivity index (χ4v) is 3.08. The fraction of sp³-hybridized carbons (Fsp3) is 0.875. The molecular weight excluding hydrogens is 250 g/mol. The normalized spacial score (nSPS) is 21.0. The fourth-order valence-electron chi connectivity index (χ4n) is 3.08. The van der Waals surface area contributed by atoms with Crippen molar-refractivity contribution in [3.05, 3.63) is 11.7 Å². The molecule has 0 bridgehead atoms. The predicted octanol–water partition coefficient (Wildman–Crippen LogP) is 3.68. The molecule has 0 amide bonds. The summed E-state index contributed by atoms with van der Waals surface area (Å²) in [4.78, 5) is 4.63. The molecule has 1 heterocycles. The number of aromatic nitrogens is 2. The van der Waals surface area contributed by atoms with E-state index in [-0.39, 0.29) is 0 Å². The van der Waals surface area contributed by atoms with E-state index in [0.717, 1.165) is 24.6 Å². The van der Waals surface area contributed by atoms with E-state index in [1.54, 1.807) is 0 Å². The van der Waals surface area contributed by atoms with E-state index >= 15 is 0 Å². The lowest BCUT2D eigenvalue weighted by atomic mass is 9.73. The van der Waals surface area contributed by atoms with Crippen LogP contribution >= 0.6 is 0 Å². The molecule has 0 saturated heterocycles. The molecule has 1 aromatic rings. The Morgan fingerprint density at radius 1 is 1.35 bits per heavy atom. The van der Waals surface area contributed by atoms with Crippen LogP contribution in [0, 0.1) is 5.41 Å². The van der Waals surface area contributed by atoms with E-state index < -0.39 is 0 Å². The second-order valence-electron chi connectivity index (χ2n) is 6.96. The zero-order valence-corrected chi connectivity index (χ0v) is 13.4. The Morgan fingerprint density at radius 3 is 2.65 bits per heavy atom. The summed E-state index contributed by atoms with van der Waals surface area (Å²) < 4.78 is 5.45. The van der Waals surface area contributed by atoms with Crippen molar-refractivity contribution in [3.63, 3.8) is 0 Å². The van der Waals surface area contributed by atoms with Gasteiger partial charge in [-0.1, -0.05) is 32.3 Å². The Morgan fingerprint density at radius 2 is 2.05 bits per heavy atom. The highest BCUT2D eigenvalue weighted by Gasteiger charge is 2.30. The molecule has 4 nitrogen and oxygen atoms in total. The first kappa shape index (κ1) is 15.5. The summed E-state index contributed by atoms with van der Waals surface area (Å²) in [6.07, 6.45) is 8.06. The predicted molar refractivity (Wildman–Crippen MR) is 80.7 cm³/mol. The third-order valence-corrected chi connectivity index (χ3v) is 4.65. The Balaban J connectivity index is 1.92. The van der Waals surface area contributed by atoms with Crippen LogP contribution in [0.5, 0.6) is 0 Å². The van der Waals surface area contributed by atoms with Gasteiger partial charge in [0.1, 0.15) is 0 Å². The van der Waals surface area contributed by atoms with Gasteiger partial charge < -0.3 is 9.84 Å². The topological polar surface area (TPSA) is 51.0 Å². The molecule has 0 radical (unpaired) electrons. The van der Waals surface area contributed by atoms with Crippen LogP contribution < -0.4 is 5.32 Å². The first-order chi connectivity index (χ1) is 9.54. The van der Waals surface area contributed by atoms with Crippen LogP contribution in [0.2, 0.25) is 0 Å². The SMILES string of the molecule is CCCC(Cc1nc(C2CCC(C)(C)CC2)no1)NC. The van der Waals surface area contributed by atoms with E-state index in [0.29, 0.717) is 17.4 Å². The van der Waals surface area contributed by atoms with Gasteiger partial charge >= 0.3 is 0 Å². The van der Waals surface area contributed by atoms with Gasteiger partial charge in [-0.05, 0) is 44.6 Å². The van der Waals surface area contributed by atoms with Crippen molar-refractivity contribution in [1.82, 2.24) is 15.5 Å². The van der Waals surface area contributed by atoms with Crippen molar-refractivity contribution in [1.29, 1.82) is 0 Å². The van der Waals surface area contributed by atoms with Gasteiger partial charge in [0.2, 0.25) is 5.89 Å². The van der Waals surface area contributed by atoms with Crippen LogP contribution in [0.4, 0.5) is 0 Å². The van der Waals surface area contributed by atoms with Crippen molar-refractivity contribution in [2.24, 2.45) is 5.41 Å². The van der Waals surface area contributed by atoms with Crippen molar-refractivity contribution in [2.75, 3.05) is 7.05 Å². The average Bonchev–Trinajstić information content (AvgIpc) is 2.86. The minimum Gasteiger partial charge on any atom is -0.339 e. The first-order valence-corrected chi connectivity index (χ1v) is 8.04. The van der Waals surface area contributed by atoms with Crippen molar-refractivity contribution >= 4 is 0 Å². The molecular formula is C16H29N3O. The summed E-state index contributed by atoms with van der Waals surface area (Å²) in [5.74, 6) is 2.22. The molecule has 1 N–H and O–H groups in total. The number of nitrogens with one attached hydrogen (secondary N) is 1. The van der Waals surface area contributed by atoms with E-state index in [4.69, 9.17) is 4.52 Å². The number of likely N-dealkylation sites (N-methyl/N-ethyl adjacent to an activating group) is 1. The van der Waals surface area contributed by atoms with Gasteiger partial charge in [-0.2, -0.15) is 4.98 Å². The smallest absolute Gasteiger partial charge is 0.228 e. The maximum atomic E-state index is 5.45. The third kappa shape index (κ3) is 4.05. The summed E-state index contributed by atoms with van der Waals surface area (Å²) >= 11 is 0. The minimum atomic E-state index is 0.443. The Labute approximate surface area is 122 Å². The highest BCUT2D eigenvalue weighted by atomic mass is 16.5. The molecule has 114 valence electrons. The third-order valence-electron chi connectivity index (χ3n) is 4.65. The monoisotopic (exact) mass is 279 g/mol. The molecule has 1 aliphatic carbocycles. The van der Waals surface area contributed by atoms with Crippen LogP contribution in [-0.2, 0) is 6.42 Å². The van der Waals surface area contributed by atoms with E-state index in [1.165, 1.54) is 32.1 Å². The van der Waals surface area contributed by atoms with Crippen molar-refractivity contribution in [2.45, 2.75) is 77.7 Å². The van der Waals surface area contributed by atoms with Gasteiger partial charge in [-0.25, -0.2) is 0 Å². The van der Waals surface area contributed by atoms with Gasteiger partial charge in [-0.3, -0.25) is 0 Å². The largest absolute Gasteiger partial charge is 0.339 e. The minimum absolute atomic E-state index is 0.443. The summed E-state index contributed by atoms with van der Waals surface area (Å²) in [5.41, 5.74) is 0.488. The van der Waals surface area contributed by atoms with Gasteiger partial charge in [0.05, 0.1) is 0 Å².